The van der Waals surface area contributed by atoms with Gasteiger partial charge in [0.25, 0.3) is 0 Å². The molecule has 0 aliphatic carbocycles. The van der Waals surface area contributed by atoms with Gasteiger partial charge in [0, 0.05) is 6.54 Å². The van der Waals surface area contributed by atoms with Crippen molar-refractivity contribution in [1.29, 1.82) is 0 Å². The van der Waals surface area contributed by atoms with Crippen molar-refractivity contribution in [2.24, 2.45) is 0 Å². The van der Waals surface area contributed by atoms with Gasteiger partial charge >= 0.3 is 0 Å². The van der Waals surface area contributed by atoms with Crippen molar-refractivity contribution in [2.75, 3.05) is 34.2 Å². The Morgan fingerprint density at radius 3 is 1.71 bits per heavy atom. The third kappa shape index (κ3) is 17.1. The lowest BCUT2D eigenvalue weighted by Crippen LogP contribution is -2.35. The maximum Gasteiger partial charge on any atom is 0.243 e. The highest BCUT2D eigenvalue weighted by atomic mass is 16.1. The fourth-order valence-electron chi connectivity index (χ4n) is 2.41. The Kier molecular flexibility index (Phi) is 12.4. The summed E-state index contributed by atoms with van der Waals surface area (Å²) < 4.78 is 1.09. The molecule has 0 spiro atoms. The first-order valence-corrected chi connectivity index (χ1v) is 8.66. The van der Waals surface area contributed by atoms with Crippen LogP contribution in [0.4, 0.5) is 0 Å². The summed E-state index contributed by atoms with van der Waals surface area (Å²) in [7, 11) is 6.80. The third-order valence-corrected chi connectivity index (χ3v) is 3.74. The third-order valence-electron chi connectivity index (χ3n) is 3.74. The summed E-state index contributed by atoms with van der Waals surface area (Å²) in [5, 5.41) is 2.82. The molecular formula is C18H37N2O+. The van der Waals surface area contributed by atoms with Crippen LogP contribution in [0.1, 0.15) is 64.2 Å². The van der Waals surface area contributed by atoms with Gasteiger partial charge in [0.05, 0.1) is 27.7 Å². The van der Waals surface area contributed by atoms with E-state index < -0.39 is 0 Å². The minimum absolute atomic E-state index is 0.0553. The number of carbonyl (C=O) groups is 1. The van der Waals surface area contributed by atoms with E-state index in [1.807, 2.05) is 0 Å². The first-order valence-electron chi connectivity index (χ1n) is 8.66. The number of rotatable bonds is 14. The number of hydrogen-bond donors (Lipinski definition) is 1. The monoisotopic (exact) mass is 297 g/mol. The van der Waals surface area contributed by atoms with E-state index in [1.165, 1.54) is 70.4 Å². The molecular weight excluding hydrogens is 260 g/mol. The Bertz CT molecular complexity index is 269. The summed E-state index contributed by atoms with van der Waals surface area (Å²) in [5.74, 6) is -0.0553. The maximum atomic E-state index is 10.9. The number of amides is 1. The zero-order valence-corrected chi connectivity index (χ0v) is 14.6. The maximum absolute atomic E-state index is 10.9. The summed E-state index contributed by atoms with van der Waals surface area (Å²) in [6, 6.07) is 0. The van der Waals surface area contributed by atoms with E-state index in [0.29, 0.717) is 0 Å². The van der Waals surface area contributed by atoms with Crippen LogP contribution >= 0.6 is 0 Å². The molecule has 0 atom stereocenters. The largest absolute Gasteiger partial charge is 0.353 e. The van der Waals surface area contributed by atoms with Crippen molar-refractivity contribution >= 4 is 5.91 Å². The molecule has 124 valence electrons. The SMILES string of the molecule is C=CC(=O)NCCCCCCCCCCCC[N+](C)(C)C. The standard InChI is InChI=1S/C18H36N2O/c1-5-18(21)19-16-14-12-10-8-6-7-9-11-13-15-17-20(2,3)4/h5H,1,6-17H2,2-4H3/p+1. The van der Waals surface area contributed by atoms with Crippen LogP contribution < -0.4 is 5.32 Å². The molecule has 0 radical (unpaired) electrons. The Balaban J connectivity index is 3.09. The van der Waals surface area contributed by atoms with Crippen LogP contribution in [0.5, 0.6) is 0 Å². The molecule has 21 heavy (non-hydrogen) atoms. The molecule has 0 fully saturated rings. The van der Waals surface area contributed by atoms with Gasteiger partial charge in [-0.05, 0) is 25.3 Å². The predicted molar refractivity (Wildman–Crippen MR) is 92.3 cm³/mol. The van der Waals surface area contributed by atoms with Crippen molar-refractivity contribution in [2.45, 2.75) is 64.2 Å². The Morgan fingerprint density at radius 2 is 1.29 bits per heavy atom. The van der Waals surface area contributed by atoms with Gasteiger partial charge < -0.3 is 9.80 Å². The minimum Gasteiger partial charge on any atom is -0.353 e. The number of unbranched alkanes of at least 4 members (excludes halogenated alkanes) is 9. The summed E-state index contributed by atoms with van der Waals surface area (Å²) >= 11 is 0. The minimum atomic E-state index is -0.0553. The predicted octanol–water partition coefficient (Wildman–Crippen LogP) is 3.90. The molecule has 0 aliphatic rings. The highest BCUT2D eigenvalue weighted by Gasteiger charge is 2.04. The first kappa shape index (κ1) is 20.2. The lowest BCUT2D eigenvalue weighted by molar-refractivity contribution is -0.870. The molecule has 1 amide bonds. The average Bonchev–Trinajstić information content (AvgIpc) is 2.42. The van der Waals surface area contributed by atoms with Gasteiger partial charge in [-0.25, -0.2) is 0 Å². The fourth-order valence-corrected chi connectivity index (χ4v) is 2.41. The van der Waals surface area contributed by atoms with Crippen LogP contribution in [0.15, 0.2) is 12.7 Å². The van der Waals surface area contributed by atoms with Crippen LogP contribution in [0.3, 0.4) is 0 Å². The van der Waals surface area contributed by atoms with E-state index in [9.17, 15) is 4.79 Å². The van der Waals surface area contributed by atoms with Crippen molar-refractivity contribution < 1.29 is 9.28 Å². The highest BCUT2D eigenvalue weighted by molar-refractivity contribution is 5.86. The molecule has 0 heterocycles. The number of hydrogen-bond acceptors (Lipinski definition) is 1. The smallest absolute Gasteiger partial charge is 0.243 e. The molecule has 0 bridgehead atoms. The van der Waals surface area contributed by atoms with Crippen molar-refractivity contribution in [3.63, 3.8) is 0 Å². The quantitative estimate of drug-likeness (QED) is 0.294. The van der Waals surface area contributed by atoms with Gasteiger partial charge in [-0.15, -0.1) is 0 Å². The second kappa shape index (κ2) is 12.9. The van der Waals surface area contributed by atoms with E-state index in [4.69, 9.17) is 0 Å². The van der Waals surface area contributed by atoms with E-state index in [1.54, 1.807) is 0 Å². The van der Waals surface area contributed by atoms with E-state index in [2.05, 4.69) is 33.0 Å². The van der Waals surface area contributed by atoms with Gasteiger partial charge in [-0.3, -0.25) is 4.79 Å². The van der Waals surface area contributed by atoms with Gasteiger partial charge in [-0.2, -0.15) is 0 Å². The second-order valence-electron chi connectivity index (χ2n) is 7.04. The summed E-state index contributed by atoms with van der Waals surface area (Å²) in [6.45, 7) is 5.52. The molecule has 0 rings (SSSR count). The molecule has 0 aliphatic heterocycles. The number of carbonyl (C=O) groups excluding carboxylic acids is 1. The molecule has 0 saturated carbocycles. The summed E-state index contributed by atoms with van der Waals surface area (Å²) in [5.41, 5.74) is 0. The molecule has 0 unspecified atom stereocenters. The molecule has 0 saturated heterocycles. The van der Waals surface area contributed by atoms with Crippen LogP contribution in [0, 0.1) is 0 Å². The Labute approximate surface area is 132 Å². The van der Waals surface area contributed by atoms with E-state index >= 15 is 0 Å². The van der Waals surface area contributed by atoms with Crippen LogP contribution in [0.25, 0.3) is 0 Å². The number of nitrogens with zero attached hydrogens (tertiary/aromatic N) is 1. The van der Waals surface area contributed by atoms with Gasteiger partial charge in [0.1, 0.15) is 0 Å². The molecule has 0 aromatic rings. The lowest BCUT2D eigenvalue weighted by Gasteiger charge is -2.23. The van der Waals surface area contributed by atoms with E-state index in [-0.39, 0.29) is 5.91 Å². The first-order chi connectivity index (χ1) is 9.95. The van der Waals surface area contributed by atoms with Crippen molar-refractivity contribution in [3.8, 4) is 0 Å². The zero-order valence-electron chi connectivity index (χ0n) is 14.6. The Hall–Kier alpha value is -0.830. The van der Waals surface area contributed by atoms with Gasteiger partial charge in [0.15, 0.2) is 0 Å². The van der Waals surface area contributed by atoms with Crippen molar-refractivity contribution in [3.05, 3.63) is 12.7 Å². The molecule has 3 nitrogen and oxygen atoms in total. The second-order valence-corrected chi connectivity index (χ2v) is 7.04. The van der Waals surface area contributed by atoms with Gasteiger partial charge in [-0.1, -0.05) is 51.5 Å². The van der Waals surface area contributed by atoms with Crippen molar-refractivity contribution in [1.82, 2.24) is 5.32 Å². The Morgan fingerprint density at radius 1 is 0.857 bits per heavy atom. The van der Waals surface area contributed by atoms with Crippen LogP contribution in [0.2, 0.25) is 0 Å². The molecule has 0 aromatic heterocycles. The van der Waals surface area contributed by atoms with E-state index in [0.717, 1.165) is 17.4 Å². The number of nitrogens with one attached hydrogen (secondary N) is 1. The topological polar surface area (TPSA) is 29.1 Å². The fraction of sp³-hybridized carbons (Fsp3) is 0.833. The zero-order chi connectivity index (χ0) is 16.0. The normalized spacial score (nSPS) is 11.4. The van der Waals surface area contributed by atoms with Crippen LogP contribution in [-0.4, -0.2) is 44.6 Å². The molecule has 3 heteroatoms. The highest BCUT2D eigenvalue weighted by Crippen LogP contribution is 2.11. The molecule has 1 N–H and O–H groups in total. The van der Waals surface area contributed by atoms with Gasteiger partial charge in [0.2, 0.25) is 5.91 Å². The average molecular weight is 298 g/mol. The molecule has 0 aromatic carbocycles. The summed E-state index contributed by atoms with van der Waals surface area (Å²) in [6.07, 6.45) is 14.6. The number of quaternary nitrogens is 1. The lowest BCUT2D eigenvalue weighted by atomic mass is 10.1. The summed E-state index contributed by atoms with van der Waals surface area (Å²) in [4.78, 5) is 10.9. The van der Waals surface area contributed by atoms with Crippen LogP contribution in [-0.2, 0) is 4.79 Å².